The molecule has 10 heteroatoms. The fourth-order valence-electron chi connectivity index (χ4n) is 4.27. The highest BCUT2D eigenvalue weighted by molar-refractivity contribution is 5.92. The lowest BCUT2D eigenvalue weighted by atomic mass is 9.94. The second-order valence-electron chi connectivity index (χ2n) is 10.0. The van der Waals surface area contributed by atoms with Crippen LogP contribution in [0.5, 0.6) is 0 Å². The minimum Gasteiger partial charge on any atom is -0.466 e. The monoisotopic (exact) mass is 571 g/mol. The van der Waals surface area contributed by atoms with Crippen LogP contribution in [0.4, 0.5) is 17.6 Å². The van der Waals surface area contributed by atoms with Crippen molar-refractivity contribution in [2.24, 2.45) is 5.73 Å². The predicted octanol–water partition coefficient (Wildman–Crippen LogP) is 7.51. The topological polar surface area (TPSA) is 87.2 Å². The number of carbonyl (C=O) groups excluding carboxylic acids is 2. The number of primary amides is 1. The fourth-order valence-corrected chi connectivity index (χ4v) is 4.27. The van der Waals surface area contributed by atoms with Crippen molar-refractivity contribution in [3.05, 3.63) is 89.6 Å². The van der Waals surface area contributed by atoms with Gasteiger partial charge in [-0.1, -0.05) is 37.3 Å². The van der Waals surface area contributed by atoms with Gasteiger partial charge < -0.3 is 10.5 Å². The molecule has 3 aromatic carbocycles. The molecule has 4 rings (SSSR count). The Hall–Kier alpha value is -4.21. The number of carbonyl (C=O) groups is 2. The van der Waals surface area contributed by atoms with Gasteiger partial charge in [0.15, 0.2) is 0 Å². The molecule has 0 saturated heterocycles. The van der Waals surface area contributed by atoms with Gasteiger partial charge in [0.05, 0.1) is 29.9 Å². The average molecular weight is 572 g/mol. The molecule has 0 fully saturated rings. The molecule has 41 heavy (non-hydrogen) atoms. The maximum atomic E-state index is 14.7. The number of aromatic nitrogens is 2. The highest BCUT2D eigenvalue weighted by atomic mass is 19.4. The molecule has 1 heterocycles. The number of hydrogen-bond donors (Lipinski definition) is 1. The largest absolute Gasteiger partial charge is 0.466 e. The molecule has 4 aromatic rings. The van der Waals surface area contributed by atoms with Crippen molar-refractivity contribution in [2.45, 2.75) is 58.4 Å². The normalized spacial score (nSPS) is 12.4. The van der Waals surface area contributed by atoms with Crippen LogP contribution in [0.3, 0.4) is 0 Å². The highest BCUT2D eigenvalue weighted by Crippen LogP contribution is 2.35. The SMILES string of the molecule is CC(C)(F)CC(c1ccc(C(N)=O)cc1)n1ncc2cc(-c3ccc(C(F)(F)F)cc3)ccc21.CCOC(=O)CC. The third-order valence-electron chi connectivity index (χ3n) is 6.29. The van der Waals surface area contributed by atoms with E-state index < -0.39 is 29.4 Å². The van der Waals surface area contributed by atoms with Crippen LogP contribution in [-0.2, 0) is 15.7 Å². The van der Waals surface area contributed by atoms with E-state index in [-0.39, 0.29) is 12.4 Å². The highest BCUT2D eigenvalue weighted by Gasteiger charge is 2.30. The summed E-state index contributed by atoms with van der Waals surface area (Å²) in [5, 5.41) is 5.28. The summed E-state index contributed by atoms with van der Waals surface area (Å²) in [4.78, 5) is 21.6. The van der Waals surface area contributed by atoms with Crippen LogP contribution in [0.25, 0.3) is 22.0 Å². The Morgan fingerprint density at radius 1 is 0.927 bits per heavy atom. The van der Waals surface area contributed by atoms with Crippen LogP contribution >= 0.6 is 0 Å². The maximum Gasteiger partial charge on any atom is 0.416 e. The molecule has 218 valence electrons. The molecule has 2 N–H and O–H groups in total. The second-order valence-corrected chi connectivity index (χ2v) is 10.0. The van der Waals surface area contributed by atoms with Crippen LogP contribution < -0.4 is 5.73 Å². The van der Waals surface area contributed by atoms with Crippen molar-refractivity contribution in [3.8, 4) is 11.1 Å². The van der Waals surface area contributed by atoms with Crippen molar-refractivity contribution in [1.29, 1.82) is 0 Å². The van der Waals surface area contributed by atoms with Gasteiger partial charge in [-0.25, -0.2) is 4.39 Å². The van der Waals surface area contributed by atoms with Gasteiger partial charge in [0.2, 0.25) is 5.91 Å². The summed E-state index contributed by atoms with van der Waals surface area (Å²) >= 11 is 0. The number of esters is 1. The Morgan fingerprint density at radius 2 is 1.54 bits per heavy atom. The molecule has 1 atom stereocenters. The van der Waals surface area contributed by atoms with E-state index in [1.54, 1.807) is 55.1 Å². The number of benzene rings is 3. The summed E-state index contributed by atoms with van der Waals surface area (Å²) in [5.74, 6) is -0.670. The van der Waals surface area contributed by atoms with Crippen LogP contribution in [-0.4, -0.2) is 33.9 Å². The molecule has 0 aliphatic carbocycles. The van der Waals surface area contributed by atoms with Gasteiger partial charge in [-0.15, -0.1) is 0 Å². The van der Waals surface area contributed by atoms with E-state index in [0.29, 0.717) is 24.2 Å². The number of rotatable bonds is 8. The number of alkyl halides is 4. The molecule has 1 unspecified atom stereocenters. The van der Waals surface area contributed by atoms with Crippen molar-refractivity contribution in [2.75, 3.05) is 6.61 Å². The van der Waals surface area contributed by atoms with E-state index in [1.165, 1.54) is 26.0 Å². The van der Waals surface area contributed by atoms with Gasteiger partial charge in [0.1, 0.15) is 5.67 Å². The number of fused-ring (bicyclic) bond motifs is 1. The number of amides is 1. The number of hydrogen-bond acceptors (Lipinski definition) is 4. The van der Waals surface area contributed by atoms with Gasteiger partial charge >= 0.3 is 12.1 Å². The zero-order valence-corrected chi connectivity index (χ0v) is 23.3. The summed E-state index contributed by atoms with van der Waals surface area (Å²) < 4.78 is 59.6. The van der Waals surface area contributed by atoms with Gasteiger partial charge in [0.25, 0.3) is 0 Å². The van der Waals surface area contributed by atoms with E-state index in [1.807, 2.05) is 12.1 Å². The first-order chi connectivity index (χ1) is 19.2. The molecule has 0 aliphatic rings. The first-order valence-corrected chi connectivity index (χ1v) is 13.1. The molecule has 1 amide bonds. The van der Waals surface area contributed by atoms with Gasteiger partial charge in [-0.3, -0.25) is 14.3 Å². The molecule has 0 aliphatic heterocycles. The van der Waals surface area contributed by atoms with Gasteiger partial charge in [-0.2, -0.15) is 18.3 Å². The van der Waals surface area contributed by atoms with Crippen molar-refractivity contribution >= 4 is 22.8 Å². The first-order valence-electron chi connectivity index (χ1n) is 13.1. The quantitative estimate of drug-likeness (QED) is 0.175. The number of nitrogens with zero attached hydrogens (tertiary/aromatic N) is 2. The summed E-state index contributed by atoms with van der Waals surface area (Å²) in [7, 11) is 0. The third kappa shape index (κ3) is 8.39. The predicted molar refractivity (Wildman–Crippen MR) is 150 cm³/mol. The van der Waals surface area contributed by atoms with Crippen LogP contribution in [0, 0.1) is 0 Å². The molecule has 0 saturated carbocycles. The smallest absolute Gasteiger partial charge is 0.416 e. The van der Waals surface area contributed by atoms with Crippen molar-refractivity contribution in [3.63, 3.8) is 0 Å². The maximum absolute atomic E-state index is 14.7. The number of nitrogens with two attached hydrogens (primary N) is 1. The Balaban J connectivity index is 0.000000587. The van der Waals surface area contributed by atoms with Crippen molar-refractivity contribution < 1.29 is 31.9 Å². The molecule has 0 bridgehead atoms. The molecule has 1 aromatic heterocycles. The van der Waals surface area contributed by atoms with E-state index in [2.05, 4.69) is 9.84 Å². The second kappa shape index (κ2) is 13.0. The zero-order chi connectivity index (χ0) is 30.4. The van der Waals surface area contributed by atoms with E-state index in [0.717, 1.165) is 34.2 Å². The summed E-state index contributed by atoms with van der Waals surface area (Å²) in [6.07, 6.45) is -2.12. The minimum absolute atomic E-state index is 0.123. The Morgan fingerprint density at radius 3 is 2.02 bits per heavy atom. The summed E-state index contributed by atoms with van der Waals surface area (Å²) in [6, 6.07) is 16.7. The van der Waals surface area contributed by atoms with E-state index in [4.69, 9.17) is 5.73 Å². The number of halogens is 4. The Labute approximate surface area is 236 Å². The van der Waals surface area contributed by atoms with Crippen LogP contribution in [0.15, 0.2) is 72.9 Å². The molecular weight excluding hydrogens is 538 g/mol. The van der Waals surface area contributed by atoms with E-state index >= 15 is 0 Å². The number of ether oxygens (including phenoxy) is 1. The van der Waals surface area contributed by atoms with E-state index in [9.17, 15) is 27.2 Å². The molecule has 0 spiro atoms. The molecule has 0 radical (unpaired) electrons. The lowest BCUT2D eigenvalue weighted by molar-refractivity contribution is -0.142. The first kappa shape index (κ1) is 31.3. The lowest BCUT2D eigenvalue weighted by Gasteiger charge is -2.25. The Kier molecular flexibility index (Phi) is 9.91. The average Bonchev–Trinajstić information content (AvgIpc) is 3.34. The third-order valence-corrected chi connectivity index (χ3v) is 6.29. The zero-order valence-electron chi connectivity index (χ0n) is 23.3. The Bertz CT molecular complexity index is 1470. The summed E-state index contributed by atoms with van der Waals surface area (Å²) in [6.45, 7) is 7.05. The van der Waals surface area contributed by atoms with Crippen molar-refractivity contribution in [1.82, 2.24) is 9.78 Å². The fraction of sp³-hybridized carbons (Fsp3) is 0.323. The standard InChI is InChI=1S/C26H23F4N3O.C5H10O2/c1-25(2,27)14-23(17-3-5-18(6-4-17)24(31)34)33-22-12-9-19(13-20(22)15-32-33)16-7-10-21(11-8-16)26(28,29)30;1-3-5(6)7-4-2/h3-13,15,23H,14H2,1-2H3,(H2,31,34);3-4H2,1-2H3. The van der Waals surface area contributed by atoms with Crippen LogP contribution in [0.2, 0.25) is 0 Å². The minimum atomic E-state index is -4.39. The van der Waals surface area contributed by atoms with Gasteiger partial charge in [0, 0.05) is 23.8 Å². The van der Waals surface area contributed by atoms with Gasteiger partial charge in [-0.05, 0) is 73.9 Å². The molecular formula is C31H33F4N3O3. The molecule has 6 nitrogen and oxygen atoms in total. The van der Waals surface area contributed by atoms with Crippen LogP contribution in [0.1, 0.15) is 68.1 Å². The lowest BCUT2D eigenvalue weighted by Crippen LogP contribution is -2.23. The summed E-state index contributed by atoms with van der Waals surface area (Å²) in [5.41, 5.74) is 6.40.